The maximum absolute atomic E-state index is 13.6. The molecule has 2 aromatic rings. The second kappa shape index (κ2) is 8.22. The molecule has 0 aliphatic carbocycles. The van der Waals surface area contributed by atoms with Crippen molar-refractivity contribution >= 4 is 11.4 Å². The van der Waals surface area contributed by atoms with Gasteiger partial charge in [0.25, 0.3) is 5.69 Å². The summed E-state index contributed by atoms with van der Waals surface area (Å²) in [6.07, 6.45) is 0. The third-order valence-electron chi connectivity index (χ3n) is 4.73. The minimum atomic E-state index is -0.473. The van der Waals surface area contributed by atoms with Crippen LogP contribution in [-0.2, 0) is 6.54 Å². The van der Waals surface area contributed by atoms with Crippen LogP contribution in [0.5, 0.6) is 11.5 Å². The zero-order chi connectivity index (χ0) is 19.4. The number of nitrogens with zero attached hydrogens (tertiary/aromatic N) is 3. The summed E-state index contributed by atoms with van der Waals surface area (Å²) in [4.78, 5) is 14.9. The molecule has 0 unspecified atom stereocenters. The molecule has 8 heteroatoms. The monoisotopic (exact) mass is 375 g/mol. The van der Waals surface area contributed by atoms with Crippen molar-refractivity contribution in [2.75, 3.05) is 45.3 Å². The highest BCUT2D eigenvalue weighted by atomic mass is 19.1. The molecule has 0 amide bonds. The average molecular weight is 375 g/mol. The number of piperazine rings is 1. The third kappa shape index (κ3) is 4.28. The van der Waals surface area contributed by atoms with Gasteiger partial charge >= 0.3 is 0 Å². The van der Waals surface area contributed by atoms with E-state index in [-0.39, 0.29) is 5.69 Å². The van der Waals surface area contributed by atoms with Crippen LogP contribution in [0.25, 0.3) is 0 Å². The fourth-order valence-electron chi connectivity index (χ4n) is 3.30. The summed E-state index contributed by atoms with van der Waals surface area (Å²) in [7, 11) is 3.25. The first kappa shape index (κ1) is 18.9. The normalized spacial score (nSPS) is 14.9. The summed E-state index contributed by atoms with van der Waals surface area (Å²) in [5.74, 6) is 1.08. The minimum Gasteiger partial charge on any atom is -0.497 e. The Hall–Kier alpha value is -2.87. The lowest BCUT2D eigenvalue weighted by molar-refractivity contribution is -0.384. The van der Waals surface area contributed by atoms with Crippen LogP contribution in [0.4, 0.5) is 15.8 Å². The highest BCUT2D eigenvalue weighted by Gasteiger charge is 2.24. The second-order valence-corrected chi connectivity index (χ2v) is 6.33. The van der Waals surface area contributed by atoms with Gasteiger partial charge in [-0.1, -0.05) is 0 Å². The summed E-state index contributed by atoms with van der Waals surface area (Å²) in [6.45, 7) is 3.24. The van der Waals surface area contributed by atoms with Crippen LogP contribution in [0, 0.1) is 15.9 Å². The molecular weight excluding hydrogens is 353 g/mol. The van der Waals surface area contributed by atoms with Gasteiger partial charge in [-0.25, -0.2) is 4.39 Å². The molecule has 1 saturated heterocycles. The molecule has 0 atom stereocenters. The molecule has 0 radical (unpaired) electrons. The highest BCUT2D eigenvalue weighted by Crippen LogP contribution is 2.30. The Labute approximate surface area is 157 Å². The van der Waals surface area contributed by atoms with E-state index >= 15 is 0 Å². The molecule has 2 aromatic carbocycles. The molecule has 3 rings (SSSR count). The molecule has 1 heterocycles. The van der Waals surface area contributed by atoms with Crippen molar-refractivity contribution in [1.82, 2.24) is 4.90 Å². The van der Waals surface area contributed by atoms with Crippen LogP contribution >= 0.6 is 0 Å². The summed E-state index contributed by atoms with van der Waals surface area (Å²) in [6, 6.07) is 9.25. The fraction of sp³-hybridized carbons (Fsp3) is 0.368. The highest BCUT2D eigenvalue weighted by molar-refractivity contribution is 5.63. The predicted octanol–water partition coefficient (Wildman–Crippen LogP) is 3.07. The maximum atomic E-state index is 13.6. The Morgan fingerprint density at radius 3 is 2.44 bits per heavy atom. The van der Waals surface area contributed by atoms with E-state index in [4.69, 9.17) is 9.47 Å². The van der Waals surface area contributed by atoms with Crippen molar-refractivity contribution in [3.63, 3.8) is 0 Å². The Bertz CT molecular complexity index is 823. The quantitative estimate of drug-likeness (QED) is 0.571. The summed E-state index contributed by atoms with van der Waals surface area (Å²) >= 11 is 0. The number of hydrogen-bond acceptors (Lipinski definition) is 6. The van der Waals surface area contributed by atoms with Gasteiger partial charge in [0.15, 0.2) is 0 Å². The van der Waals surface area contributed by atoms with E-state index in [2.05, 4.69) is 4.90 Å². The van der Waals surface area contributed by atoms with E-state index in [9.17, 15) is 14.5 Å². The number of nitro groups is 1. The first-order valence-electron chi connectivity index (χ1n) is 8.64. The van der Waals surface area contributed by atoms with Gasteiger partial charge in [-0.15, -0.1) is 0 Å². The van der Waals surface area contributed by atoms with E-state index in [0.717, 1.165) is 23.1 Å². The van der Waals surface area contributed by atoms with Gasteiger partial charge in [-0.3, -0.25) is 15.0 Å². The molecule has 0 aromatic heterocycles. The molecule has 1 fully saturated rings. The van der Waals surface area contributed by atoms with Gasteiger partial charge in [0.2, 0.25) is 0 Å². The van der Waals surface area contributed by atoms with Gasteiger partial charge in [0.1, 0.15) is 23.0 Å². The Kier molecular flexibility index (Phi) is 5.75. The van der Waals surface area contributed by atoms with Crippen LogP contribution in [0.15, 0.2) is 36.4 Å². The number of rotatable bonds is 6. The molecule has 1 aliphatic rings. The SMILES string of the molecule is COc1ccc(OC)c(CN2CCN(c3cc(F)ccc3[N+](=O)[O-])CC2)c1. The van der Waals surface area contributed by atoms with Crippen molar-refractivity contribution in [3.8, 4) is 11.5 Å². The minimum absolute atomic E-state index is 0.0701. The summed E-state index contributed by atoms with van der Waals surface area (Å²) in [5, 5.41) is 11.2. The number of hydrogen-bond donors (Lipinski definition) is 0. The van der Waals surface area contributed by atoms with E-state index in [0.29, 0.717) is 38.4 Å². The Balaban J connectivity index is 1.70. The Morgan fingerprint density at radius 2 is 1.81 bits per heavy atom. The topological polar surface area (TPSA) is 68.1 Å². The largest absolute Gasteiger partial charge is 0.497 e. The number of anilines is 1. The summed E-state index contributed by atoms with van der Waals surface area (Å²) in [5.41, 5.74) is 1.28. The molecule has 1 aliphatic heterocycles. The lowest BCUT2D eigenvalue weighted by Crippen LogP contribution is -2.46. The van der Waals surface area contributed by atoms with Gasteiger partial charge in [0, 0.05) is 50.4 Å². The number of halogens is 1. The number of methoxy groups -OCH3 is 2. The lowest BCUT2D eigenvalue weighted by atomic mass is 10.1. The fourth-order valence-corrected chi connectivity index (χ4v) is 3.30. The number of ether oxygens (including phenoxy) is 2. The van der Waals surface area contributed by atoms with Crippen LogP contribution in [-0.4, -0.2) is 50.2 Å². The van der Waals surface area contributed by atoms with Gasteiger partial charge in [-0.05, 0) is 24.3 Å². The number of nitro benzene ring substituents is 1. The van der Waals surface area contributed by atoms with Crippen LogP contribution in [0.1, 0.15) is 5.56 Å². The van der Waals surface area contributed by atoms with Crippen molar-refractivity contribution < 1.29 is 18.8 Å². The lowest BCUT2D eigenvalue weighted by Gasteiger charge is -2.36. The molecule has 0 N–H and O–H groups in total. The van der Waals surface area contributed by atoms with E-state index < -0.39 is 10.7 Å². The first-order valence-corrected chi connectivity index (χ1v) is 8.64. The van der Waals surface area contributed by atoms with Gasteiger partial charge < -0.3 is 14.4 Å². The van der Waals surface area contributed by atoms with Crippen LogP contribution in [0.3, 0.4) is 0 Å². The van der Waals surface area contributed by atoms with Crippen molar-refractivity contribution in [2.24, 2.45) is 0 Å². The van der Waals surface area contributed by atoms with Crippen LogP contribution < -0.4 is 14.4 Å². The van der Waals surface area contributed by atoms with Crippen molar-refractivity contribution in [1.29, 1.82) is 0 Å². The van der Waals surface area contributed by atoms with E-state index in [1.54, 1.807) is 14.2 Å². The zero-order valence-electron chi connectivity index (χ0n) is 15.4. The molecule has 0 saturated carbocycles. The first-order chi connectivity index (χ1) is 13.0. The molecular formula is C19H22FN3O4. The van der Waals surface area contributed by atoms with Crippen molar-refractivity contribution in [2.45, 2.75) is 6.54 Å². The smallest absolute Gasteiger partial charge is 0.292 e. The predicted molar refractivity (Wildman–Crippen MR) is 100 cm³/mol. The Morgan fingerprint density at radius 1 is 1.07 bits per heavy atom. The van der Waals surface area contributed by atoms with Gasteiger partial charge in [0.05, 0.1) is 19.1 Å². The maximum Gasteiger partial charge on any atom is 0.292 e. The summed E-state index contributed by atoms with van der Waals surface area (Å²) < 4.78 is 24.3. The van der Waals surface area contributed by atoms with E-state index in [1.165, 1.54) is 12.1 Å². The standard InChI is InChI=1S/C19H22FN3O4/c1-26-16-4-6-19(27-2)14(11-16)13-21-7-9-22(10-8-21)18-12-15(20)3-5-17(18)23(24)25/h3-6,11-12H,7-10,13H2,1-2H3. The molecule has 0 spiro atoms. The van der Waals surface area contributed by atoms with Crippen LogP contribution in [0.2, 0.25) is 0 Å². The van der Waals surface area contributed by atoms with Crippen molar-refractivity contribution in [3.05, 3.63) is 57.9 Å². The second-order valence-electron chi connectivity index (χ2n) is 6.33. The average Bonchev–Trinajstić information content (AvgIpc) is 2.68. The third-order valence-corrected chi connectivity index (χ3v) is 4.73. The van der Waals surface area contributed by atoms with Gasteiger partial charge in [-0.2, -0.15) is 0 Å². The molecule has 7 nitrogen and oxygen atoms in total. The molecule has 0 bridgehead atoms. The van der Waals surface area contributed by atoms with E-state index in [1.807, 2.05) is 23.1 Å². The molecule has 27 heavy (non-hydrogen) atoms. The zero-order valence-corrected chi connectivity index (χ0v) is 15.4. The number of benzene rings is 2. The molecule has 144 valence electrons.